The van der Waals surface area contributed by atoms with Gasteiger partial charge in [-0.15, -0.1) is 11.2 Å². The van der Waals surface area contributed by atoms with Gasteiger partial charge in [0.25, 0.3) is 23.6 Å². The van der Waals surface area contributed by atoms with Crippen molar-refractivity contribution in [1.82, 2.24) is 68.9 Å². The molecule has 5 saturated carbocycles. The minimum Gasteiger partial charge on any atom is -0.506 e. The number of benzene rings is 4. The Labute approximate surface area is 794 Å². The first-order valence-electron chi connectivity index (χ1n) is 45.9. The second-order valence-electron chi connectivity index (χ2n) is 36.3. The summed E-state index contributed by atoms with van der Waals surface area (Å²) in [4.78, 5) is 106. The molecule has 0 bridgehead atoms. The molecule has 2 aliphatic heterocycles. The number of primary amides is 4. The van der Waals surface area contributed by atoms with Crippen molar-refractivity contribution in [3.05, 3.63) is 209 Å². The third-order valence-corrected chi connectivity index (χ3v) is 27.0. The number of halogens is 1. The van der Waals surface area contributed by atoms with E-state index in [0.29, 0.717) is 81.4 Å². The fourth-order valence-electron chi connectivity index (χ4n) is 18.4. The van der Waals surface area contributed by atoms with Gasteiger partial charge in [0.05, 0.1) is 134 Å². The molecule has 5 aliphatic carbocycles. The summed E-state index contributed by atoms with van der Waals surface area (Å²) >= 11 is 0. The van der Waals surface area contributed by atoms with E-state index in [2.05, 4.69) is 90.6 Å². The lowest BCUT2D eigenvalue weighted by Gasteiger charge is -2.43. The number of rotatable bonds is 32. The number of Topliss-reactive ketones (excluding diaryl/α,β-unsaturated/α-hetero) is 2. The van der Waals surface area contributed by atoms with Crippen LogP contribution < -0.4 is 44.2 Å². The molecular formula is C99H107FN26O12. The summed E-state index contributed by atoms with van der Waals surface area (Å²) in [6.07, 6.45) is 30.9. The van der Waals surface area contributed by atoms with E-state index in [4.69, 9.17) is 38.2 Å². The van der Waals surface area contributed by atoms with Crippen molar-refractivity contribution < 1.29 is 61.4 Å². The summed E-state index contributed by atoms with van der Waals surface area (Å²) < 4.78 is 37.4. The Morgan fingerprint density at radius 3 is 1.46 bits per heavy atom. The number of carbonyl (C=O) groups is 8. The maximum absolute atomic E-state index is 15.7. The zero-order valence-corrected chi connectivity index (χ0v) is 76.2. The molecule has 13 N–H and O–H groups in total. The molecule has 11 aromatic rings. The number of nitrogens with zero attached hydrogens (tertiary/aromatic N) is 18. The predicted molar refractivity (Wildman–Crippen MR) is 501 cm³/mol. The van der Waals surface area contributed by atoms with Crippen LogP contribution in [0, 0.1) is 75.4 Å². The fourth-order valence-corrected chi connectivity index (χ4v) is 18.4. The molecule has 7 aromatic heterocycles. The summed E-state index contributed by atoms with van der Waals surface area (Å²) in [5.41, 5.74) is 27.8. The number of nitrogens with one attached hydrogen (secondary N) is 4. The quantitative estimate of drug-likeness (QED) is 0.0177. The summed E-state index contributed by atoms with van der Waals surface area (Å²) in [6, 6.07) is 42.2. The van der Waals surface area contributed by atoms with Gasteiger partial charge in [0, 0.05) is 122 Å². The molecule has 0 radical (unpaired) electrons. The molecule has 7 aliphatic rings. The largest absolute Gasteiger partial charge is 0.506 e. The van der Waals surface area contributed by atoms with Crippen LogP contribution in [0.2, 0.25) is 0 Å². The number of nitriles is 4. The van der Waals surface area contributed by atoms with Crippen molar-refractivity contribution in [2.24, 2.45) is 40.7 Å². The number of methoxy groups -OCH3 is 1. The standard InChI is InChI=1S/C27H29N5O3.C25H28N8O3.C24H26N6O2.C23H24FN7O4/c28-14-13-27(32-17-22(26(29)34)23(31-32)16-24(33)18-3-4-18)11-9-21(10-12-27)30-20-7-5-19(6-8-20)25-2-1-15-35-25;26-8-5-25(32-16-19(24(27)36)20(30-32)14-22(34)18-2-3-18)6-11-31(12-7-25)15-17-1-4-21(23(35)13-17)33-28-9-10-29-33;1-2-16-3-7-18(8-4-16)27-19-9-11-24(12-10-19,13-14-25)30-15-20(21(26)31)22(29-30)28-23(32)17-5-6-17;1-34-22(33)28-20-17(19(26)32)13-31(29-20)23(6-8-25)7-10-30(14-18(23)24)12-15-2-4-16(5-3-15)21-27-9-11-35-21/h1-2,5-8,15,17-18,21,30H,3-4,9-13,16H2,(H2,29,34);1,4,9-10,13,16,18,35H,2-3,5-7,11-12,14-15H2,(H2,27,36);1,3-4,7-8,15,17,19,27H,5-6,9-13H2,(H2,26,31)(H,28,29,32);2-5,9,11,13,18H,6-7,10,12,14H2,1H3,(H2,26,32)(H,28,29,33). The van der Waals surface area contributed by atoms with E-state index in [1.165, 1.54) is 21.9 Å². The Bertz CT molecular complexity index is 6430. The number of hydrogen-bond acceptors (Lipinski definition) is 27. The minimum absolute atomic E-state index is 0.0230. The van der Waals surface area contributed by atoms with Crippen LogP contribution in [0.5, 0.6) is 5.75 Å². The van der Waals surface area contributed by atoms with Crippen molar-refractivity contribution in [2.75, 3.05) is 54.6 Å². The van der Waals surface area contributed by atoms with Gasteiger partial charge in [-0.1, -0.05) is 24.1 Å². The van der Waals surface area contributed by atoms with Gasteiger partial charge < -0.3 is 57.6 Å². The number of aromatic nitrogens is 12. The lowest BCUT2D eigenvalue weighted by atomic mass is 9.77. The van der Waals surface area contributed by atoms with E-state index in [-0.39, 0.29) is 138 Å². The molecule has 2 atom stereocenters. The van der Waals surface area contributed by atoms with Crippen LogP contribution in [-0.2, 0) is 67.2 Å². The van der Waals surface area contributed by atoms with Gasteiger partial charge in [0.1, 0.15) is 57.9 Å². The van der Waals surface area contributed by atoms with Crippen LogP contribution in [0.3, 0.4) is 0 Å². The number of hydrogen-bond donors (Lipinski definition) is 9. The number of anilines is 4. The number of alkyl halides is 1. The molecule has 39 heteroatoms. The van der Waals surface area contributed by atoms with E-state index < -0.39 is 58.0 Å². The number of terminal acetylenes is 1. The monoisotopic (exact) mass is 1870 g/mol. The molecule has 7 fully saturated rings. The van der Waals surface area contributed by atoms with Crippen LogP contribution in [0.15, 0.2) is 168 Å². The number of ether oxygens (including phenoxy) is 1. The molecule has 712 valence electrons. The normalized spacial score (nSPS) is 20.4. The van der Waals surface area contributed by atoms with Gasteiger partial charge in [-0.3, -0.25) is 67.4 Å². The van der Waals surface area contributed by atoms with Gasteiger partial charge in [0.15, 0.2) is 11.6 Å². The molecule has 0 spiro atoms. The Morgan fingerprint density at radius 2 is 0.993 bits per heavy atom. The molecule has 2 saturated heterocycles. The molecular weight excluding hydrogens is 1760 g/mol. The van der Waals surface area contributed by atoms with Crippen molar-refractivity contribution in [2.45, 2.75) is 201 Å². The first-order valence-corrected chi connectivity index (χ1v) is 45.9. The molecule has 6 amide bonds. The third-order valence-electron chi connectivity index (χ3n) is 27.0. The average molecular weight is 1870 g/mol. The maximum atomic E-state index is 15.7. The van der Waals surface area contributed by atoms with Crippen LogP contribution in [0.4, 0.5) is 32.2 Å². The number of aromatic hydroxyl groups is 1. The smallest absolute Gasteiger partial charge is 0.412 e. The predicted octanol–water partition coefficient (Wildman–Crippen LogP) is 11.8. The number of nitrogens with two attached hydrogens (primary N) is 4. The van der Waals surface area contributed by atoms with E-state index in [9.17, 15) is 64.5 Å². The Morgan fingerprint density at radius 1 is 0.522 bits per heavy atom. The lowest BCUT2D eigenvalue weighted by molar-refractivity contribution is -0.120. The Hall–Kier alpha value is -15.9. The third kappa shape index (κ3) is 22.8. The second-order valence-corrected chi connectivity index (χ2v) is 36.3. The number of phenols is 1. The molecule has 9 heterocycles. The molecule has 4 aromatic carbocycles. The number of piperidine rings is 2. The van der Waals surface area contributed by atoms with Crippen LogP contribution >= 0.6 is 0 Å². The van der Waals surface area contributed by atoms with Gasteiger partial charge in [-0.25, -0.2) is 14.2 Å². The Kier molecular flexibility index (Phi) is 29.9. The van der Waals surface area contributed by atoms with Crippen LogP contribution in [0.25, 0.3) is 28.5 Å². The van der Waals surface area contributed by atoms with Crippen molar-refractivity contribution in [3.63, 3.8) is 0 Å². The zero-order chi connectivity index (χ0) is 97.4. The highest BCUT2D eigenvalue weighted by Gasteiger charge is 2.48. The molecule has 138 heavy (non-hydrogen) atoms. The number of carbonyl (C=O) groups excluding carboxylic acids is 8. The van der Waals surface area contributed by atoms with Crippen LogP contribution in [0.1, 0.15) is 204 Å². The van der Waals surface area contributed by atoms with Gasteiger partial charge >= 0.3 is 6.09 Å². The summed E-state index contributed by atoms with van der Waals surface area (Å²) in [5.74, 6) is 1.58. The summed E-state index contributed by atoms with van der Waals surface area (Å²) in [5, 5.41) is 86.9. The lowest BCUT2D eigenvalue weighted by Crippen LogP contribution is -2.54. The fraction of sp³-hybridized carbons (Fsp3) is 0.404. The maximum Gasteiger partial charge on any atom is 0.412 e. The average Bonchev–Trinajstić information content (AvgIpc) is 1.61. The van der Waals surface area contributed by atoms with E-state index >= 15 is 4.39 Å². The zero-order valence-electron chi connectivity index (χ0n) is 76.2. The highest BCUT2D eigenvalue weighted by atomic mass is 19.1. The number of phenolic OH excluding ortho intramolecular Hbond substituents is 1. The van der Waals surface area contributed by atoms with Crippen molar-refractivity contribution in [1.29, 1.82) is 21.0 Å². The molecule has 18 rings (SSSR count). The van der Waals surface area contributed by atoms with Crippen molar-refractivity contribution >= 4 is 70.2 Å². The van der Waals surface area contributed by atoms with Crippen molar-refractivity contribution in [3.8, 4) is 70.8 Å². The van der Waals surface area contributed by atoms with Gasteiger partial charge in [-0.2, -0.15) is 51.6 Å². The SMILES string of the molecule is C#Cc1ccc(NC2CCC(CC#N)(n3cc(C(N)=O)c(NC(=O)C4CC4)n3)CC2)cc1.COC(=O)Nc1nn(C2(CC#N)CCN(Cc3ccc(-c4ncco4)cc3)CC2F)cc1C(N)=O.N#CCC1(n2cc(C(N)=O)c(CC(=O)C3CC3)n2)CCC(Nc2ccc(-c3ccco3)cc2)CC1.N#CCC1(n2cc(C(N)=O)c(CC(=O)C3CC3)n2)CCN(Cc2ccc(-n3nccn3)c(O)c2)CC1. The number of likely N-dealkylation sites (tertiary alicyclic amines) is 2. The Balaban J connectivity index is 0.000000140. The number of amides is 6. The van der Waals surface area contributed by atoms with E-state index in [0.717, 1.165) is 129 Å². The number of furan rings is 1. The van der Waals surface area contributed by atoms with E-state index in [1.807, 2.05) is 102 Å². The number of oxazole rings is 1. The summed E-state index contributed by atoms with van der Waals surface area (Å²) in [7, 11) is 1.15. The first kappa shape index (κ1) is 96.6. The van der Waals surface area contributed by atoms with Gasteiger partial charge in [-0.05, 0) is 205 Å². The van der Waals surface area contributed by atoms with Gasteiger partial charge in [0.2, 0.25) is 11.8 Å². The topological polar surface area (TPSA) is 561 Å². The number of ketones is 2. The first-order chi connectivity index (χ1) is 66.6. The molecule has 38 nitrogen and oxygen atoms in total. The second kappa shape index (κ2) is 42.8. The minimum atomic E-state index is -1.48. The van der Waals surface area contributed by atoms with E-state index in [1.54, 1.807) is 69.6 Å². The van der Waals surface area contributed by atoms with Crippen LogP contribution in [-0.4, -0.2) is 173 Å². The molecule has 2 unspecified atom stereocenters. The highest BCUT2D eigenvalue weighted by Crippen LogP contribution is 2.45. The highest BCUT2D eigenvalue weighted by molar-refractivity contribution is 6.03. The summed E-state index contributed by atoms with van der Waals surface area (Å²) in [6.45, 7) is 3.08.